The summed E-state index contributed by atoms with van der Waals surface area (Å²) in [6.45, 7) is 9.20. The number of hydrogen-bond donors (Lipinski definition) is 2. The first-order valence-corrected chi connectivity index (χ1v) is 11.7. The molecule has 1 saturated heterocycles. The Balaban J connectivity index is 1.50. The van der Waals surface area contributed by atoms with Crippen molar-refractivity contribution >= 4 is 33.0 Å². The Morgan fingerprint density at radius 3 is 2.68 bits per heavy atom. The summed E-state index contributed by atoms with van der Waals surface area (Å²) in [6, 6.07) is 5.78. The molecular formula is C20H29N5O5S. The molecule has 1 amide bonds. The van der Waals surface area contributed by atoms with Crippen LogP contribution in [0.4, 0.5) is 10.6 Å². The molecule has 0 aliphatic carbocycles. The van der Waals surface area contributed by atoms with Gasteiger partial charge >= 0.3 is 16.3 Å². The first-order chi connectivity index (χ1) is 14.6. The monoisotopic (exact) mass is 451 g/mol. The molecule has 2 heterocycles. The van der Waals surface area contributed by atoms with Gasteiger partial charge < -0.3 is 14.4 Å². The van der Waals surface area contributed by atoms with E-state index < -0.39 is 21.9 Å². The second-order valence-corrected chi connectivity index (χ2v) is 9.84. The van der Waals surface area contributed by atoms with Gasteiger partial charge in [0.05, 0.1) is 6.61 Å². The second kappa shape index (κ2) is 9.23. The predicted molar refractivity (Wildman–Crippen MR) is 117 cm³/mol. The van der Waals surface area contributed by atoms with E-state index in [0.29, 0.717) is 18.9 Å². The van der Waals surface area contributed by atoms with E-state index in [9.17, 15) is 13.2 Å². The van der Waals surface area contributed by atoms with Crippen molar-refractivity contribution in [2.45, 2.75) is 39.7 Å². The van der Waals surface area contributed by atoms with E-state index in [2.05, 4.69) is 19.6 Å². The molecule has 0 unspecified atom stereocenters. The Morgan fingerprint density at radius 2 is 2.00 bits per heavy atom. The molecule has 2 N–H and O–H groups in total. The van der Waals surface area contributed by atoms with Gasteiger partial charge in [-0.2, -0.15) is 13.1 Å². The van der Waals surface area contributed by atoms with Gasteiger partial charge in [0.1, 0.15) is 29.0 Å². The van der Waals surface area contributed by atoms with E-state index in [1.54, 1.807) is 20.8 Å². The molecule has 0 spiro atoms. The third kappa shape index (κ3) is 6.17. The number of rotatable bonds is 8. The van der Waals surface area contributed by atoms with Crippen LogP contribution in [0.15, 0.2) is 24.5 Å². The van der Waals surface area contributed by atoms with Crippen LogP contribution < -0.4 is 19.1 Å². The van der Waals surface area contributed by atoms with Crippen molar-refractivity contribution < 1.29 is 22.7 Å². The maximum absolute atomic E-state index is 12.0. The van der Waals surface area contributed by atoms with Crippen molar-refractivity contribution in [3.63, 3.8) is 0 Å². The van der Waals surface area contributed by atoms with Gasteiger partial charge in [0, 0.05) is 25.0 Å². The number of hydrogen-bond acceptors (Lipinski definition) is 8. The van der Waals surface area contributed by atoms with E-state index in [1.165, 1.54) is 6.33 Å². The summed E-state index contributed by atoms with van der Waals surface area (Å²) in [7, 11) is -3.96. The zero-order chi connectivity index (χ0) is 22.6. The molecule has 0 bridgehead atoms. The lowest BCUT2D eigenvalue weighted by atomic mass is 9.96. The van der Waals surface area contributed by atoms with Gasteiger partial charge in [-0.25, -0.2) is 19.5 Å². The molecule has 0 radical (unpaired) electrons. The number of nitrogens with zero attached hydrogens (tertiary/aromatic N) is 3. The van der Waals surface area contributed by atoms with Crippen LogP contribution in [0.5, 0.6) is 5.75 Å². The van der Waals surface area contributed by atoms with Crippen molar-refractivity contribution in [1.82, 2.24) is 19.4 Å². The van der Waals surface area contributed by atoms with Crippen LogP contribution in [-0.2, 0) is 14.9 Å². The van der Waals surface area contributed by atoms with Crippen LogP contribution in [0.25, 0.3) is 10.9 Å². The number of ether oxygens (including phenoxy) is 2. The minimum Gasteiger partial charge on any atom is -0.492 e. The molecule has 1 aliphatic heterocycles. The number of aromatic nitrogens is 2. The summed E-state index contributed by atoms with van der Waals surface area (Å²) in [5.41, 5.74) is 0.00243. The maximum Gasteiger partial charge on any atom is 0.422 e. The Morgan fingerprint density at radius 1 is 1.26 bits per heavy atom. The van der Waals surface area contributed by atoms with E-state index in [0.717, 1.165) is 35.6 Å². The van der Waals surface area contributed by atoms with E-state index in [1.807, 2.05) is 29.8 Å². The van der Waals surface area contributed by atoms with Gasteiger partial charge in [-0.05, 0) is 52.2 Å². The van der Waals surface area contributed by atoms with E-state index in [4.69, 9.17) is 9.47 Å². The highest BCUT2D eigenvalue weighted by Gasteiger charge is 2.29. The zero-order valence-corrected chi connectivity index (χ0v) is 19.0. The molecule has 10 nitrogen and oxygen atoms in total. The van der Waals surface area contributed by atoms with Crippen LogP contribution in [0, 0.1) is 5.92 Å². The standard InChI is InChI=1S/C20H29N5O5S/c1-5-29-16-8-6-7-15-17(16)21-13-22-18(15)25-11-14(12-25)9-10-23-31(27,28)24-19(26)30-20(2,3)4/h6-8,13-14,23H,5,9-12H2,1-4H3,(H,24,26). The molecule has 1 aromatic carbocycles. The number of fused-ring (bicyclic) bond motifs is 1. The number of benzene rings is 1. The maximum atomic E-state index is 12.0. The smallest absolute Gasteiger partial charge is 0.422 e. The highest BCUT2D eigenvalue weighted by Crippen LogP contribution is 2.33. The van der Waals surface area contributed by atoms with Crippen LogP contribution in [0.2, 0.25) is 0 Å². The summed E-state index contributed by atoms with van der Waals surface area (Å²) in [5.74, 6) is 1.88. The van der Waals surface area contributed by atoms with Crippen molar-refractivity contribution in [2.24, 2.45) is 5.92 Å². The molecule has 170 valence electrons. The molecule has 11 heteroatoms. The molecule has 1 fully saturated rings. The topological polar surface area (TPSA) is 123 Å². The first-order valence-electron chi connectivity index (χ1n) is 10.2. The summed E-state index contributed by atoms with van der Waals surface area (Å²) >= 11 is 0. The SMILES string of the molecule is CCOc1cccc2c(N3CC(CCNS(=O)(=O)NC(=O)OC(C)(C)C)C3)ncnc12. The molecule has 3 rings (SSSR count). The van der Waals surface area contributed by atoms with Crippen LogP contribution in [-0.4, -0.2) is 56.3 Å². The van der Waals surface area contributed by atoms with Crippen molar-refractivity contribution in [3.8, 4) is 5.75 Å². The van der Waals surface area contributed by atoms with E-state index >= 15 is 0 Å². The van der Waals surface area contributed by atoms with Crippen LogP contribution in [0.3, 0.4) is 0 Å². The predicted octanol–water partition coefficient (Wildman–Crippen LogP) is 2.21. The highest BCUT2D eigenvalue weighted by molar-refractivity contribution is 7.88. The Bertz CT molecular complexity index is 1030. The lowest BCUT2D eigenvalue weighted by Crippen LogP contribution is -2.49. The number of para-hydroxylation sites is 1. The molecule has 1 aliphatic rings. The third-order valence-corrected chi connectivity index (χ3v) is 5.64. The van der Waals surface area contributed by atoms with Crippen molar-refractivity contribution in [3.05, 3.63) is 24.5 Å². The summed E-state index contributed by atoms with van der Waals surface area (Å²) in [5, 5.41) is 0.925. The fraction of sp³-hybridized carbons (Fsp3) is 0.550. The Kier molecular flexibility index (Phi) is 6.85. The second-order valence-electron chi connectivity index (χ2n) is 8.34. The molecule has 0 atom stereocenters. The Labute approximate surface area is 182 Å². The largest absolute Gasteiger partial charge is 0.492 e. The van der Waals surface area contributed by atoms with Gasteiger partial charge in [-0.15, -0.1) is 0 Å². The number of carbonyl (C=O) groups excluding carboxylic acids is 1. The van der Waals surface area contributed by atoms with Crippen LogP contribution >= 0.6 is 0 Å². The number of amides is 1. The fourth-order valence-electron chi connectivity index (χ4n) is 3.34. The normalized spacial score (nSPS) is 14.9. The average Bonchev–Trinajstić information content (AvgIpc) is 2.62. The molecule has 31 heavy (non-hydrogen) atoms. The van der Waals surface area contributed by atoms with Crippen molar-refractivity contribution in [1.29, 1.82) is 0 Å². The zero-order valence-electron chi connectivity index (χ0n) is 18.2. The quantitative estimate of drug-likeness (QED) is 0.626. The molecule has 1 aromatic heterocycles. The number of anilines is 1. The molecule has 0 saturated carbocycles. The minimum atomic E-state index is -3.96. The van der Waals surface area contributed by atoms with Crippen LogP contribution in [0.1, 0.15) is 34.1 Å². The summed E-state index contributed by atoms with van der Waals surface area (Å²) in [6.07, 6.45) is 1.17. The van der Waals surface area contributed by atoms with E-state index in [-0.39, 0.29) is 6.54 Å². The Hall–Kier alpha value is -2.66. The lowest BCUT2D eigenvalue weighted by molar-refractivity contribution is 0.0569. The summed E-state index contributed by atoms with van der Waals surface area (Å²) in [4.78, 5) is 22.6. The highest BCUT2D eigenvalue weighted by atomic mass is 32.2. The van der Waals surface area contributed by atoms with Gasteiger partial charge in [-0.1, -0.05) is 6.07 Å². The first kappa shape index (κ1) is 23.0. The number of nitrogens with one attached hydrogen (secondary N) is 2. The van der Waals surface area contributed by atoms with Gasteiger partial charge in [0.15, 0.2) is 0 Å². The average molecular weight is 452 g/mol. The van der Waals surface area contributed by atoms with Crippen molar-refractivity contribution in [2.75, 3.05) is 31.1 Å². The number of carbonyl (C=O) groups is 1. The third-order valence-electron chi connectivity index (χ3n) is 4.62. The minimum absolute atomic E-state index is 0.218. The summed E-state index contributed by atoms with van der Waals surface area (Å²) < 4.78 is 38.8. The van der Waals surface area contributed by atoms with Gasteiger partial charge in [-0.3, -0.25) is 0 Å². The van der Waals surface area contributed by atoms with Gasteiger partial charge in [0.25, 0.3) is 0 Å². The van der Waals surface area contributed by atoms with Gasteiger partial charge in [0.2, 0.25) is 0 Å². The lowest BCUT2D eigenvalue weighted by Gasteiger charge is -2.40. The molecular weight excluding hydrogens is 422 g/mol. The fourth-order valence-corrected chi connectivity index (χ4v) is 4.06. The molecule has 2 aromatic rings.